The standard InChI is InChI=1S/C30H48O3/c1-19(2)15-20-16-28(7,31)24-21-9-10-23-26(5)13-8-12-25(3,4)22(26)11-14-27(23,6)29(21)17-30(24,33-20)32-18-29/h8,12,19-24,31H,9-11,13-18H2,1-7H3/t20-,21-,22+,23-,24+,26+,27-,28+,29+,30+/m1/s1. The predicted octanol–water partition coefficient (Wildman–Crippen LogP) is 6.74. The van der Waals surface area contributed by atoms with Gasteiger partial charge >= 0.3 is 0 Å². The summed E-state index contributed by atoms with van der Waals surface area (Å²) in [6.07, 6.45) is 14.3. The molecule has 2 bridgehead atoms. The van der Waals surface area contributed by atoms with Crippen molar-refractivity contribution in [3.63, 3.8) is 0 Å². The highest BCUT2D eigenvalue weighted by Gasteiger charge is 2.80. The first kappa shape index (κ1) is 23.0. The highest BCUT2D eigenvalue weighted by Crippen LogP contribution is 2.80. The second-order valence-electron chi connectivity index (χ2n) is 15.0. The first-order valence-corrected chi connectivity index (χ1v) is 14.0. The lowest BCUT2D eigenvalue weighted by molar-refractivity contribution is -0.347. The van der Waals surface area contributed by atoms with Crippen LogP contribution in [0.1, 0.15) is 99.8 Å². The van der Waals surface area contributed by atoms with Gasteiger partial charge in [-0.25, -0.2) is 0 Å². The average Bonchev–Trinajstić information content (AvgIpc) is 3.18. The van der Waals surface area contributed by atoms with Crippen molar-refractivity contribution in [1.29, 1.82) is 0 Å². The summed E-state index contributed by atoms with van der Waals surface area (Å²) in [5.74, 6) is 2.13. The van der Waals surface area contributed by atoms with Crippen LogP contribution in [0.4, 0.5) is 0 Å². The molecule has 5 fully saturated rings. The zero-order valence-corrected chi connectivity index (χ0v) is 22.2. The van der Waals surface area contributed by atoms with E-state index in [0.717, 1.165) is 37.7 Å². The summed E-state index contributed by atoms with van der Waals surface area (Å²) >= 11 is 0. The molecule has 1 N–H and O–H groups in total. The molecule has 10 atom stereocenters. The molecule has 33 heavy (non-hydrogen) atoms. The zero-order valence-electron chi connectivity index (χ0n) is 22.2. The number of hydrogen-bond donors (Lipinski definition) is 1. The van der Waals surface area contributed by atoms with Crippen LogP contribution >= 0.6 is 0 Å². The minimum absolute atomic E-state index is 0.104. The molecule has 6 aliphatic rings. The Labute approximate surface area is 202 Å². The summed E-state index contributed by atoms with van der Waals surface area (Å²) in [4.78, 5) is 0. The van der Waals surface area contributed by atoms with E-state index in [1.54, 1.807) is 0 Å². The summed E-state index contributed by atoms with van der Waals surface area (Å²) in [6.45, 7) is 17.7. The average molecular weight is 457 g/mol. The predicted molar refractivity (Wildman–Crippen MR) is 131 cm³/mol. The first-order valence-electron chi connectivity index (χ1n) is 14.0. The number of aliphatic hydroxyl groups is 1. The van der Waals surface area contributed by atoms with Gasteiger partial charge in [0.1, 0.15) is 0 Å². The van der Waals surface area contributed by atoms with Crippen LogP contribution in [0.5, 0.6) is 0 Å². The Hall–Kier alpha value is -0.380. The summed E-state index contributed by atoms with van der Waals surface area (Å²) in [6, 6.07) is 0. The molecule has 2 heterocycles. The highest BCUT2D eigenvalue weighted by molar-refractivity contribution is 5.27. The monoisotopic (exact) mass is 456 g/mol. The van der Waals surface area contributed by atoms with E-state index >= 15 is 0 Å². The molecule has 2 aliphatic heterocycles. The van der Waals surface area contributed by atoms with Crippen LogP contribution in [0.3, 0.4) is 0 Å². The molecule has 6 rings (SSSR count). The van der Waals surface area contributed by atoms with Crippen LogP contribution in [0, 0.1) is 51.2 Å². The number of ether oxygens (including phenoxy) is 2. The third kappa shape index (κ3) is 2.74. The molecule has 2 spiro atoms. The van der Waals surface area contributed by atoms with Crippen molar-refractivity contribution in [2.45, 2.75) is 117 Å². The lowest BCUT2D eigenvalue weighted by atomic mass is 9.36. The Morgan fingerprint density at radius 1 is 1.03 bits per heavy atom. The topological polar surface area (TPSA) is 38.7 Å². The van der Waals surface area contributed by atoms with Crippen LogP contribution in [0.25, 0.3) is 0 Å². The molecule has 2 saturated heterocycles. The number of allylic oxidation sites excluding steroid dienone is 2. The molecule has 186 valence electrons. The quantitative estimate of drug-likeness (QED) is 0.468. The van der Waals surface area contributed by atoms with Gasteiger partial charge in [-0.15, -0.1) is 0 Å². The molecule has 3 nitrogen and oxygen atoms in total. The van der Waals surface area contributed by atoms with Gasteiger partial charge in [0.2, 0.25) is 0 Å². The van der Waals surface area contributed by atoms with Gasteiger partial charge in [-0.05, 0) is 85.4 Å². The van der Waals surface area contributed by atoms with E-state index in [9.17, 15) is 5.11 Å². The Balaban J connectivity index is 1.40. The maximum absolute atomic E-state index is 11.9. The largest absolute Gasteiger partial charge is 0.390 e. The minimum Gasteiger partial charge on any atom is -0.390 e. The number of rotatable bonds is 2. The number of hydrogen-bond acceptors (Lipinski definition) is 3. The molecular weight excluding hydrogens is 408 g/mol. The third-order valence-corrected chi connectivity index (χ3v) is 12.4. The second kappa shape index (κ2) is 6.68. The van der Waals surface area contributed by atoms with Crippen molar-refractivity contribution in [2.75, 3.05) is 6.61 Å². The van der Waals surface area contributed by atoms with Gasteiger partial charge in [0.05, 0.1) is 18.3 Å². The third-order valence-electron chi connectivity index (χ3n) is 12.4. The molecule has 0 amide bonds. The molecule has 3 heteroatoms. The second-order valence-corrected chi connectivity index (χ2v) is 15.0. The Bertz CT molecular complexity index is 859. The smallest absolute Gasteiger partial charge is 0.175 e. The van der Waals surface area contributed by atoms with Crippen LogP contribution in [0.15, 0.2) is 12.2 Å². The molecule has 0 aromatic carbocycles. The summed E-state index contributed by atoms with van der Waals surface area (Å²) < 4.78 is 13.7. The normalized spacial score (nSPS) is 58.5. The van der Waals surface area contributed by atoms with Crippen LogP contribution in [0.2, 0.25) is 0 Å². The highest BCUT2D eigenvalue weighted by atomic mass is 16.7. The van der Waals surface area contributed by atoms with Crippen molar-refractivity contribution < 1.29 is 14.6 Å². The van der Waals surface area contributed by atoms with Crippen LogP contribution < -0.4 is 0 Å². The first-order chi connectivity index (χ1) is 15.3. The van der Waals surface area contributed by atoms with Crippen molar-refractivity contribution in [3.8, 4) is 0 Å². The van der Waals surface area contributed by atoms with Gasteiger partial charge in [0, 0.05) is 24.2 Å². The summed E-state index contributed by atoms with van der Waals surface area (Å²) in [7, 11) is 0. The van der Waals surface area contributed by atoms with E-state index in [-0.39, 0.29) is 28.3 Å². The zero-order chi connectivity index (χ0) is 23.7. The van der Waals surface area contributed by atoms with Gasteiger partial charge < -0.3 is 14.6 Å². The minimum atomic E-state index is -0.704. The molecule has 0 radical (unpaired) electrons. The fraction of sp³-hybridized carbons (Fsp3) is 0.933. The molecule has 3 saturated carbocycles. The molecule has 4 aliphatic carbocycles. The van der Waals surface area contributed by atoms with E-state index in [1.807, 2.05) is 0 Å². The number of fused-ring (bicyclic) bond motifs is 4. The van der Waals surface area contributed by atoms with Crippen molar-refractivity contribution >= 4 is 0 Å². The van der Waals surface area contributed by atoms with Crippen LogP contribution in [-0.4, -0.2) is 29.2 Å². The molecule has 0 aromatic rings. The van der Waals surface area contributed by atoms with Gasteiger partial charge in [-0.3, -0.25) is 0 Å². The van der Waals surface area contributed by atoms with E-state index in [1.165, 1.54) is 32.1 Å². The van der Waals surface area contributed by atoms with E-state index in [0.29, 0.717) is 17.3 Å². The maximum atomic E-state index is 11.9. The van der Waals surface area contributed by atoms with Crippen LogP contribution in [-0.2, 0) is 9.47 Å². The fourth-order valence-electron chi connectivity index (χ4n) is 11.5. The summed E-state index contributed by atoms with van der Waals surface area (Å²) in [5.41, 5.74) is 0.353. The van der Waals surface area contributed by atoms with Crippen molar-refractivity contribution in [1.82, 2.24) is 0 Å². The Morgan fingerprint density at radius 2 is 1.79 bits per heavy atom. The lowest BCUT2D eigenvalue weighted by Crippen LogP contribution is -2.66. The SMILES string of the molecule is CC(C)C[C@@H]1C[C@](C)(O)[C@@H]2[C@H]3CC[C@@H]4[C@@]5(C)CC=CC(C)(C)[C@@H]5CC[C@@]4(C)[C@@]34CO[C@@]2(C4)O1. The van der Waals surface area contributed by atoms with Crippen molar-refractivity contribution in [2.24, 2.45) is 51.2 Å². The summed E-state index contributed by atoms with van der Waals surface area (Å²) in [5, 5.41) is 11.9. The van der Waals surface area contributed by atoms with Gasteiger partial charge in [0.25, 0.3) is 0 Å². The van der Waals surface area contributed by atoms with Crippen molar-refractivity contribution in [3.05, 3.63) is 12.2 Å². The molecule has 0 aromatic heterocycles. The Morgan fingerprint density at radius 3 is 2.52 bits per heavy atom. The molecular formula is C30H48O3. The van der Waals surface area contributed by atoms with Gasteiger partial charge in [-0.1, -0.05) is 53.7 Å². The van der Waals surface area contributed by atoms with Gasteiger partial charge in [0.15, 0.2) is 5.79 Å². The van der Waals surface area contributed by atoms with Gasteiger partial charge in [-0.2, -0.15) is 0 Å². The maximum Gasteiger partial charge on any atom is 0.175 e. The van der Waals surface area contributed by atoms with E-state index < -0.39 is 11.4 Å². The van der Waals surface area contributed by atoms with E-state index in [2.05, 4.69) is 60.6 Å². The lowest BCUT2D eigenvalue weighted by Gasteiger charge is -2.69. The Kier molecular flexibility index (Phi) is 4.66. The molecule has 0 unspecified atom stereocenters. The fourth-order valence-corrected chi connectivity index (χ4v) is 11.5. The van der Waals surface area contributed by atoms with E-state index in [4.69, 9.17) is 9.47 Å².